The van der Waals surface area contributed by atoms with Crippen LogP contribution in [-0.4, -0.2) is 62.7 Å². The Hall–Kier alpha value is -2.25. The van der Waals surface area contributed by atoms with E-state index in [1.54, 1.807) is 29.3 Å². The van der Waals surface area contributed by atoms with Gasteiger partial charge < -0.3 is 14.9 Å². The van der Waals surface area contributed by atoms with E-state index in [4.69, 9.17) is 0 Å². The first-order chi connectivity index (χ1) is 12.6. The third-order valence-corrected chi connectivity index (χ3v) is 5.58. The fourth-order valence-electron chi connectivity index (χ4n) is 3.96. The molecule has 2 aliphatic heterocycles. The normalized spacial score (nSPS) is 20.0. The topological polar surface area (TPSA) is 85.4 Å². The number of carbonyl (C=O) groups is 1. The molecule has 4 heterocycles. The van der Waals surface area contributed by atoms with Crippen LogP contribution in [0.3, 0.4) is 0 Å². The van der Waals surface area contributed by atoms with E-state index in [-0.39, 0.29) is 5.91 Å². The molecule has 0 aromatic carbocycles. The van der Waals surface area contributed by atoms with E-state index in [0.717, 1.165) is 49.3 Å². The van der Waals surface area contributed by atoms with E-state index >= 15 is 0 Å². The number of likely N-dealkylation sites (tertiary alicyclic amines) is 1. The highest BCUT2D eigenvalue weighted by Gasteiger charge is 2.32. The Balaban J connectivity index is 1.50. The summed E-state index contributed by atoms with van der Waals surface area (Å²) < 4.78 is 0. The molecule has 0 aliphatic carbocycles. The van der Waals surface area contributed by atoms with E-state index in [1.807, 2.05) is 0 Å². The van der Waals surface area contributed by atoms with Crippen LogP contribution < -0.4 is 0 Å². The number of aliphatic hydroxyl groups is 1. The highest BCUT2D eigenvalue weighted by atomic mass is 16.3. The lowest BCUT2D eigenvalue weighted by Crippen LogP contribution is -2.39. The van der Waals surface area contributed by atoms with E-state index in [2.05, 4.69) is 27.1 Å². The molecule has 2 N–H and O–H groups in total. The van der Waals surface area contributed by atoms with Crippen molar-refractivity contribution in [2.24, 2.45) is 0 Å². The van der Waals surface area contributed by atoms with Gasteiger partial charge in [0.1, 0.15) is 0 Å². The number of piperidine rings is 1. The molecular formula is C19H25N5O2. The Kier molecular flexibility index (Phi) is 4.74. The number of hydrogen-bond donors (Lipinski definition) is 2. The Labute approximate surface area is 153 Å². The zero-order chi connectivity index (χ0) is 18.1. The van der Waals surface area contributed by atoms with Crippen molar-refractivity contribution in [1.29, 1.82) is 0 Å². The van der Waals surface area contributed by atoms with Crippen molar-refractivity contribution in [3.63, 3.8) is 0 Å². The SMILES string of the molecule is CN1CCC(c2n[nH]c3c2CN(C(=O)C(O)c2ccccn2)CC3)CC1. The summed E-state index contributed by atoms with van der Waals surface area (Å²) in [5.41, 5.74) is 3.78. The smallest absolute Gasteiger partial charge is 0.257 e. The maximum Gasteiger partial charge on any atom is 0.257 e. The van der Waals surface area contributed by atoms with Crippen molar-refractivity contribution in [2.45, 2.75) is 37.8 Å². The number of amides is 1. The first-order valence-corrected chi connectivity index (χ1v) is 9.26. The molecule has 4 rings (SSSR count). The summed E-state index contributed by atoms with van der Waals surface area (Å²) in [6.07, 6.45) is 3.32. The van der Waals surface area contributed by atoms with Gasteiger partial charge >= 0.3 is 0 Å². The van der Waals surface area contributed by atoms with Gasteiger partial charge in [0.15, 0.2) is 6.10 Å². The van der Waals surface area contributed by atoms with Gasteiger partial charge in [0, 0.05) is 42.9 Å². The molecule has 1 unspecified atom stereocenters. The van der Waals surface area contributed by atoms with Crippen LogP contribution in [-0.2, 0) is 17.8 Å². The van der Waals surface area contributed by atoms with Gasteiger partial charge in [0.05, 0.1) is 11.4 Å². The first kappa shape index (κ1) is 17.2. The quantitative estimate of drug-likeness (QED) is 0.865. The van der Waals surface area contributed by atoms with Crippen LogP contribution in [0, 0.1) is 0 Å². The van der Waals surface area contributed by atoms with E-state index < -0.39 is 6.10 Å². The molecule has 7 heteroatoms. The second-order valence-electron chi connectivity index (χ2n) is 7.31. The van der Waals surface area contributed by atoms with Crippen molar-refractivity contribution in [1.82, 2.24) is 25.0 Å². The van der Waals surface area contributed by atoms with Crippen LogP contribution >= 0.6 is 0 Å². The van der Waals surface area contributed by atoms with Gasteiger partial charge in [0.25, 0.3) is 5.91 Å². The lowest BCUT2D eigenvalue weighted by molar-refractivity contribution is -0.141. The minimum absolute atomic E-state index is 0.287. The number of nitrogens with zero attached hydrogens (tertiary/aromatic N) is 4. The highest BCUT2D eigenvalue weighted by Crippen LogP contribution is 2.32. The van der Waals surface area contributed by atoms with Crippen LogP contribution in [0.2, 0.25) is 0 Å². The minimum atomic E-state index is -1.21. The number of aliphatic hydroxyl groups excluding tert-OH is 1. The van der Waals surface area contributed by atoms with Crippen molar-refractivity contribution in [3.05, 3.63) is 47.0 Å². The minimum Gasteiger partial charge on any atom is -0.377 e. The van der Waals surface area contributed by atoms with Gasteiger partial charge in [-0.05, 0) is 45.1 Å². The molecule has 2 aromatic rings. The Bertz CT molecular complexity index is 767. The molecule has 1 saturated heterocycles. The maximum atomic E-state index is 12.8. The summed E-state index contributed by atoms with van der Waals surface area (Å²) in [5.74, 6) is 0.159. The van der Waals surface area contributed by atoms with Crippen LogP contribution in [0.1, 0.15) is 47.5 Å². The third-order valence-electron chi connectivity index (χ3n) is 5.58. The monoisotopic (exact) mass is 355 g/mol. The van der Waals surface area contributed by atoms with Gasteiger partial charge in [-0.25, -0.2) is 0 Å². The number of pyridine rings is 1. The van der Waals surface area contributed by atoms with Crippen LogP contribution in [0.4, 0.5) is 0 Å². The largest absolute Gasteiger partial charge is 0.377 e. The number of rotatable bonds is 3. The number of hydrogen-bond acceptors (Lipinski definition) is 5. The predicted molar refractivity (Wildman–Crippen MR) is 96.4 cm³/mol. The summed E-state index contributed by atoms with van der Waals surface area (Å²) in [4.78, 5) is 20.9. The molecule has 2 aromatic heterocycles. The van der Waals surface area contributed by atoms with Crippen molar-refractivity contribution in [2.75, 3.05) is 26.7 Å². The molecule has 0 radical (unpaired) electrons. The van der Waals surface area contributed by atoms with E-state index in [1.165, 1.54) is 0 Å². The maximum absolute atomic E-state index is 12.8. The second kappa shape index (κ2) is 7.17. The average Bonchev–Trinajstić information content (AvgIpc) is 3.11. The summed E-state index contributed by atoms with van der Waals surface area (Å²) in [6, 6.07) is 5.23. The van der Waals surface area contributed by atoms with Crippen LogP contribution in [0.5, 0.6) is 0 Å². The van der Waals surface area contributed by atoms with Crippen molar-refractivity contribution < 1.29 is 9.90 Å². The molecule has 0 spiro atoms. The zero-order valence-electron chi connectivity index (χ0n) is 15.1. The Morgan fingerprint density at radius 1 is 1.31 bits per heavy atom. The lowest BCUT2D eigenvalue weighted by Gasteiger charge is -2.31. The summed E-state index contributed by atoms with van der Waals surface area (Å²) in [5, 5.41) is 18.2. The molecule has 0 saturated carbocycles. The molecule has 2 aliphatic rings. The van der Waals surface area contributed by atoms with E-state index in [9.17, 15) is 9.90 Å². The molecular weight excluding hydrogens is 330 g/mol. The van der Waals surface area contributed by atoms with Gasteiger partial charge in [-0.3, -0.25) is 14.9 Å². The van der Waals surface area contributed by atoms with Gasteiger partial charge in [-0.15, -0.1) is 0 Å². The number of H-pyrrole nitrogens is 1. The Morgan fingerprint density at radius 2 is 2.12 bits per heavy atom. The second-order valence-corrected chi connectivity index (χ2v) is 7.31. The molecule has 26 heavy (non-hydrogen) atoms. The Morgan fingerprint density at radius 3 is 2.85 bits per heavy atom. The molecule has 0 bridgehead atoms. The summed E-state index contributed by atoms with van der Waals surface area (Å²) in [6.45, 7) is 3.25. The van der Waals surface area contributed by atoms with Gasteiger partial charge in [-0.1, -0.05) is 6.07 Å². The summed E-state index contributed by atoms with van der Waals surface area (Å²) in [7, 11) is 2.15. The van der Waals surface area contributed by atoms with Crippen molar-refractivity contribution in [3.8, 4) is 0 Å². The van der Waals surface area contributed by atoms with E-state index in [0.29, 0.717) is 24.7 Å². The van der Waals surface area contributed by atoms with Gasteiger partial charge in [0.2, 0.25) is 0 Å². The molecule has 1 atom stereocenters. The fourth-order valence-corrected chi connectivity index (χ4v) is 3.96. The van der Waals surface area contributed by atoms with Crippen LogP contribution in [0.25, 0.3) is 0 Å². The highest BCUT2D eigenvalue weighted by molar-refractivity contribution is 5.81. The standard InChI is InChI=1S/C19H25N5O2/c1-23-9-5-13(6-10-23)17-14-12-24(11-7-15(14)21-22-17)19(26)18(25)16-4-2-3-8-20-16/h2-4,8,13,18,25H,5-7,9-12H2,1H3,(H,21,22). The summed E-state index contributed by atoms with van der Waals surface area (Å²) >= 11 is 0. The van der Waals surface area contributed by atoms with Gasteiger partial charge in [-0.2, -0.15) is 5.10 Å². The number of aromatic nitrogens is 3. The zero-order valence-corrected chi connectivity index (χ0v) is 15.1. The number of aromatic amines is 1. The third kappa shape index (κ3) is 3.24. The predicted octanol–water partition coefficient (Wildman–Crippen LogP) is 1.23. The molecule has 7 nitrogen and oxygen atoms in total. The molecule has 1 fully saturated rings. The fraction of sp³-hybridized carbons (Fsp3) is 0.526. The van der Waals surface area contributed by atoms with Crippen molar-refractivity contribution >= 4 is 5.91 Å². The van der Waals surface area contributed by atoms with Crippen LogP contribution in [0.15, 0.2) is 24.4 Å². The number of nitrogens with one attached hydrogen (secondary N) is 1. The molecule has 138 valence electrons. The molecule has 1 amide bonds. The average molecular weight is 355 g/mol. The first-order valence-electron chi connectivity index (χ1n) is 9.26. The number of fused-ring (bicyclic) bond motifs is 1. The number of carbonyl (C=O) groups excluding carboxylic acids is 1. The lowest BCUT2D eigenvalue weighted by atomic mass is 9.89.